The third-order valence-corrected chi connectivity index (χ3v) is 5.79. The molecule has 0 aromatic heterocycles. The van der Waals surface area contributed by atoms with Crippen molar-refractivity contribution in [3.63, 3.8) is 0 Å². The second kappa shape index (κ2) is 9.12. The zero-order valence-electron chi connectivity index (χ0n) is 14.1. The second-order valence-electron chi connectivity index (χ2n) is 5.90. The highest BCUT2D eigenvalue weighted by atomic mass is 32.2. The normalized spacial score (nSPS) is 17.1. The van der Waals surface area contributed by atoms with E-state index in [4.69, 9.17) is 17.0 Å². The van der Waals surface area contributed by atoms with Crippen LogP contribution >= 0.6 is 12.2 Å². The van der Waals surface area contributed by atoms with Gasteiger partial charge in [-0.25, -0.2) is 8.42 Å². The van der Waals surface area contributed by atoms with Gasteiger partial charge < -0.3 is 10.1 Å². The number of hydrogen-bond acceptors (Lipinski definition) is 5. The van der Waals surface area contributed by atoms with Gasteiger partial charge in [-0.05, 0) is 44.1 Å². The first-order valence-corrected chi connectivity index (χ1v) is 10.2. The topological polar surface area (TPSA) is 96.5 Å². The molecule has 1 atom stereocenters. The van der Waals surface area contributed by atoms with Gasteiger partial charge in [0.25, 0.3) is 0 Å². The van der Waals surface area contributed by atoms with E-state index in [9.17, 15) is 13.2 Å². The Labute approximate surface area is 153 Å². The SMILES string of the molecule is Cc1ccc(S(=O)(=O)CCC(=O)NNC(=S)NC[C@@H]2CCCO2)cc1. The van der Waals surface area contributed by atoms with Gasteiger partial charge in [0.15, 0.2) is 14.9 Å². The van der Waals surface area contributed by atoms with E-state index in [-0.39, 0.29) is 28.3 Å². The number of benzene rings is 1. The molecular weight excluding hydrogens is 362 g/mol. The lowest BCUT2D eigenvalue weighted by Gasteiger charge is -2.14. The molecule has 1 saturated heterocycles. The van der Waals surface area contributed by atoms with Crippen LogP contribution in [0.5, 0.6) is 0 Å². The molecule has 138 valence electrons. The smallest absolute Gasteiger partial charge is 0.239 e. The summed E-state index contributed by atoms with van der Waals surface area (Å²) in [5, 5.41) is 3.21. The van der Waals surface area contributed by atoms with Crippen LogP contribution in [-0.4, -0.2) is 44.4 Å². The van der Waals surface area contributed by atoms with Gasteiger partial charge in [-0.2, -0.15) is 0 Å². The van der Waals surface area contributed by atoms with E-state index in [1.165, 1.54) is 0 Å². The summed E-state index contributed by atoms with van der Waals surface area (Å²) in [4.78, 5) is 12.0. The summed E-state index contributed by atoms with van der Waals surface area (Å²) in [5.41, 5.74) is 5.93. The third-order valence-electron chi connectivity index (χ3n) is 3.81. The summed E-state index contributed by atoms with van der Waals surface area (Å²) in [5.74, 6) is -0.711. The predicted octanol–water partition coefficient (Wildman–Crippen LogP) is 0.833. The number of sulfone groups is 1. The van der Waals surface area contributed by atoms with Crippen molar-refractivity contribution in [3.8, 4) is 0 Å². The summed E-state index contributed by atoms with van der Waals surface area (Å²) < 4.78 is 29.8. The lowest BCUT2D eigenvalue weighted by molar-refractivity contribution is -0.121. The molecule has 1 aromatic rings. The lowest BCUT2D eigenvalue weighted by atomic mass is 10.2. The molecule has 0 spiro atoms. The summed E-state index contributed by atoms with van der Waals surface area (Å²) in [6.45, 7) is 3.22. The summed E-state index contributed by atoms with van der Waals surface area (Å²) in [7, 11) is -3.49. The fraction of sp³-hybridized carbons (Fsp3) is 0.500. The summed E-state index contributed by atoms with van der Waals surface area (Å²) in [6.07, 6.45) is 2.00. The molecule has 1 amide bonds. The monoisotopic (exact) mass is 385 g/mol. The number of hydrazine groups is 1. The highest BCUT2D eigenvalue weighted by Gasteiger charge is 2.17. The molecule has 25 heavy (non-hydrogen) atoms. The van der Waals surface area contributed by atoms with Crippen LogP contribution in [0.2, 0.25) is 0 Å². The Kier molecular flexibility index (Phi) is 7.15. The van der Waals surface area contributed by atoms with E-state index >= 15 is 0 Å². The first-order valence-electron chi connectivity index (χ1n) is 8.10. The molecule has 2 rings (SSSR count). The Morgan fingerprint density at radius 3 is 2.64 bits per heavy atom. The van der Waals surface area contributed by atoms with Crippen LogP contribution in [0.25, 0.3) is 0 Å². The molecule has 3 N–H and O–H groups in total. The standard InChI is InChI=1S/C16H23N3O4S2/c1-12-4-6-14(7-5-12)25(21,22)10-8-15(20)18-19-16(24)17-11-13-3-2-9-23-13/h4-7,13H,2-3,8-11H2,1H3,(H,18,20)(H2,17,19,24)/t13-/m0/s1. The van der Waals surface area contributed by atoms with Gasteiger partial charge in [-0.1, -0.05) is 17.7 Å². The Hall–Kier alpha value is -1.71. The molecule has 0 bridgehead atoms. The molecule has 1 aliphatic heterocycles. The molecule has 7 nitrogen and oxygen atoms in total. The first kappa shape index (κ1) is 19.6. The number of carbonyl (C=O) groups is 1. The van der Waals surface area contributed by atoms with Crippen molar-refractivity contribution >= 4 is 33.1 Å². The van der Waals surface area contributed by atoms with Crippen LogP contribution in [0.15, 0.2) is 29.2 Å². The molecular formula is C16H23N3O4S2. The molecule has 0 unspecified atom stereocenters. The molecule has 1 fully saturated rings. The van der Waals surface area contributed by atoms with Crippen molar-refractivity contribution in [1.29, 1.82) is 0 Å². The fourth-order valence-electron chi connectivity index (χ4n) is 2.34. The highest BCUT2D eigenvalue weighted by molar-refractivity contribution is 7.91. The average Bonchev–Trinajstić information content (AvgIpc) is 3.10. The lowest BCUT2D eigenvalue weighted by Crippen LogP contribution is -2.48. The maximum atomic E-state index is 12.2. The summed E-state index contributed by atoms with van der Waals surface area (Å²) in [6, 6.07) is 6.55. The molecule has 1 aliphatic rings. The highest BCUT2D eigenvalue weighted by Crippen LogP contribution is 2.13. The number of rotatable bonds is 6. The van der Waals surface area contributed by atoms with E-state index in [0.717, 1.165) is 25.0 Å². The van der Waals surface area contributed by atoms with Gasteiger partial charge in [-0.15, -0.1) is 0 Å². The van der Waals surface area contributed by atoms with E-state index < -0.39 is 15.7 Å². The van der Waals surface area contributed by atoms with Crippen LogP contribution in [0.4, 0.5) is 0 Å². The first-order chi connectivity index (χ1) is 11.9. The molecule has 1 heterocycles. The van der Waals surface area contributed by atoms with Crippen molar-refractivity contribution in [1.82, 2.24) is 16.2 Å². The number of nitrogens with one attached hydrogen (secondary N) is 3. The number of ether oxygens (including phenoxy) is 1. The second-order valence-corrected chi connectivity index (χ2v) is 8.42. The van der Waals surface area contributed by atoms with Gasteiger partial charge in [0.05, 0.1) is 16.8 Å². The predicted molar refractivity (Wildman–Crippen MR) is 98.7 cm³/mol. The van der Waals surface area contributed by atoms with Gasteiger partial charge in [0.1, 0.15) is 0 Å². The van der Waals surface area contributed by atoms with E-state index in [2.05, 4.69) is 16.2 Å². The van der Waals surface area contributed by atoms with Crippen LogP contribution < -0.4 is 16.2 Å². The van der Waals surface area contributed by atoms with Crippen LogP contribution in [-0.2, 0) is 19.4 Å². The van der Waals surface area contributed by atoms with Crippen LogP contribution in [0.1, 0.15) is 24.8 Å². The Balaban J connectivity index is 1.69. The number of aryl methyl sites for hydroxylation is 1. The van der Waals surface area contributed by atoms with Crippen molar-refractivity contribution < 1.29 is 17.9 Å². The zero-order valence-corrected chi connectivity index (χ0v) is 15.7. The molecule has 0 radical (unpaired) electrons. The largest absolute Gasteiger partial charge is 0.376 e. The number of amides is 1. The molecule has 0 aliphatic carbocycles. The van der Waals surface area contributed by atoms with E-state index in [1.54, 1.807) is 24.3 Å². The van der Waals surface area contributed by atoms with E-state index in [0.29, 0.717) is 6.54 Å². The van der Waals surface area contributed by atoms with Gasteiger partial charge in [-0.3, -0.25) is 15.6 Å². The minimum absolute atomic E-state index is 0.134. The Bertz CT molecular complexity index is 699. The fourth-order valence-corrected chi connectivity index (χ4v) is 3.71. The molecule has 1 aromatic carbocycles. The number of hydrogen-bond donors (Lipinski definition) is 3. The van der Waals surface area contributed by atoms with Crippen molar-refractivity contribution in [2.75, 3.05) is 18.9 Å². The average molecular weight is 386 g/mol. The van der Waals surface area contributed by atoms with Gasteiger partial charge >= 0.3 is 0 Å². The van der Waals surface area contributed by atoms with Crippen LogP contribution in [0, 0.1) is 6.92 Å². The van der Waals surface area contributed by atoms with Gasteiger partial charge in [0.2, 0.25) is 5.91 Å². The zero-order chi connectivity index (χ0) is 18.3. The van der Waals surface area contributed by atoms with Gasteiger partial charge in [0, 0.05) is 19.6 Å². The maximum Gasteiger partial charge on any atom is 0.239 e. The quantitative estimate of drug-likeness (QED) is 0.493. The Morgan fingerprint density at radius 2 is 2.00 bits per heavy atom. The maximum absolute atomic E-state index is 12.2. The molecule has 9 heteroatoms. The minimum atomic E-state index is -3.49. The van der Waals surface area contributed by atoms with E-state index in [1.807, 2.05) is 6.92 Å². The van der Waals surface area contributed by atoms with Crippen molar-refractivity contribution in [2.45, 2.75) is 37.2 Å². The third kappa shape index (κ3) is 6.60. The minimum Gasteiger partial charge on any atom is -0.376 e. The van der Waals surface area contributed by atoms with Crippen molar-refractivity contribution in [2.24, 2.45) is 0 Å². The Morgan fingerprint density at radius 1 is 1.28 bits per heavy atom. The summed E-state index contributed by atoms with van der Waals surface area (Å²) >= 11 is 5.04. The molecule has 0 saturated carbocycles. The number of carbonyl (C=O) groups excluding carboxylic acids is 1. The van der Waals surface area contributed by atoms with Crippen molar-refractivity contribution in [3.05, 3.63) is 29.8 Å². The van der Waals surface area contributed by atoms with Crippen LogP contribution in [0.3, 0.4) is 0 Å². The number of thiocarbonyl (C=S) groups is 1.